The van der Waals surface area contributed by atoms with Crippen molar-refractivity contribution >= 4 is 28.4 Å². The van der Waals surface area contributed by atoms with E-state index < -0.39 is 5.69 Å². The zero-order chi connectivity index (χ0) is 27.0. The first-order valence-corrected chi connectivity index (χ1v) is 12.6. The molecule has 1 atom stereocenters. The summed E-state index contributed by atoms with van der Waals surface area (Å²) in [6.07, 6.45) is 0.768. The van der Waals surface area contributed by atoms with Crippen LogP contribution in [0.2, 0.25) is 0 Å². The maximum absolute atomic E-state index is 13.6. The van der Waals surface area contributed by atoms with Crippen molar-refractivity contribution in [1.82, 2.24) is 24.1 Å². The van der Waals surface area contributed by atoms with Gasteiger partial charge in [0, 0.05) is 23.7 Å². The van der Waals surface area contributed by atoms with Gasteiger partial charge < -0.3 is 5.32 Å². The summed E-state index contributed by atoms with van der Waals surface area (Å²) < 4.78 is 3.89. The molecule has 4 rings (SSSR count). The number of hydrogen-bond donors (Lipinski definition) is 1. The molecule has 2 heterocycles. The number of fused-ring (bicyclic) bond motifs is 3. The lowest BCUT2D eigenvalue weighted by Crippen LogP contribution is -2.32. The Bertz CT molecular complexity index is 1640. The number of amides is 1. The average molecular weight is 504 g/mol. The molecule has 0 aliphatic rings. The van der Waals surface area contributed by atoms with Gasteiger partial charge >= 0.3 is 5.69 Å². The zero-order valence-electron chi connectivity index (χ0n) is 22.2. The second-order valence-electron chi connectivity index (χ2n) is 10.1. The van der Waals surface area contributed by atoms with Gasteiger partial charge in [0.2, 0.25) is 5.78 Å². The number of aromatic nitrogens is 4. The standard InChI is InChI=1S/C28H33N5O4/c1-7-19(6)29-25(35)20-10-11-21-23(13-20)33-27(31(26(21)36)14-16(2)3)30-32(28(33)37)15-24(34)22-12-17(4)8-9-18(22)5/h8-13,16,19H,7,14-15H2,1-6H3,(H,29,35). The highest BCUT2D eigenvalue weighted by molar-refractivity contribution is 5.98. The second-order valence-corrected chi connectivity index (χ2v) is 10.1. The second kappa shape index (κ2) is 10.2. The average Bonchev–Trinajstić information content (AvgIpc) is 3.18. The van der Waals surface area contributed by atoms with Crippen LogP contribution in [0.25, 0.3) is 16.7 Å². The molecule has 194 valence electrons. The maximum atomic E-state index is 13.6. The van der Waals surface area contributed by atoms with E-state index in [0.29, 0.717) is 23.1 Å². The fourth-order valence-electron chi connectivity index (χ4n) is 4.36. The number of carbonyl (C=O) groups excluding carboxylic acids is 2. The number of aryl methyl sites for hydroxylation is 2. The quantitative estimate of drug-likeness (QED) is 0.371. The fourth-order valence-corrected chi connectivity index (χ4v) is 4.36. The normalized spacial score (nSPS) is 12.4. The van der Waals surface area contributed by atoms with E-state index in [9.17, 15) is 19.2 Å². The van der Waals surface area contributed by atoms with E-state index in [1.54, 1.807) is 24.3 Å². The highest BCUT2D eigenvalue weighted by atomic mass is 16.2. The van der Waals surface area contributed by atoms with Crippen LogP contribution < -0.4 is 16.6 Å². The van der Waals surface area contributed by atoms with Gasteiger partial charge in [-0.1, -0.05) is 38.5 Å². The number of benzene rings is 2. The minimum atomic E-state index is -0.546. The molecule has 2 aromatic carbocycles. The lowest BCUT2D eigenvalue weighted by Gasteiger charge is -2.14. The molecule has 1 N–H and O–H groups in total. The van der Waals surface area contributed by atoms with Crippen molar-refractivity contribution in [3.63, 3.8) is 0 Å². The molecule has 0 saturated carbocycles. The van der Waals surface area contributed by atoms with Gasteiger partial charge in [0.25, 0.3) is 11.5 Å². The summed E-state index contributed by atoms with van der Waals surface area (Å²) in [5.41, 5.74) is 2.05. The Kier molecular flexibility index (Phi) is 7.16. The number of hydrogen-bond acceptors (Lipinski definition) is 5. The summed E-state index contributed by atoms with van der Waals surface area (Å²) >= 11 is 0. The summed E-state index contributed by atoms with van der Waals surface area (Å²) in [5, 5.41) is 7.65. The monoisotopic (exact) mass is 503 g/mol. The van der Waals surface area contributed by atoms with Gasteiger partial charge in [-0.25, -0.2) is 13.9 Å². The Labute approximate surface area is 214 Å². The van der Waals surface area contributed by atoms with E-state index in [4.69, 9.17) is 0 Å². The van der Waals surface area contributed by atoms with Gasteiger partial charge in [-0.15, -0.1) is 5.10 Å². The van der Waals surface area contributed by atoms with Crippen LogP contribution in [0.1, 0.15) is 66.0 Å². The van der Waals surface area contributed by atoms with Crippen molar-refractivity contribution in [1.29, 1.82) is 0 Å². The topological polar surface area (TPSA) is 107 Å². The molecule has 9 heteroatoms. The molecule has 0 bridgehead atoms. The lowest BCUT2D eigenvalue weighted by atomic mass is 10.0. The van der Waals surface area contributed by atoms with Crippen LogP contribution in [-0.2, 0) is 13.1 Å². The van der Waals surface area contributed by atoms with Crippen LogP contribution in [-0.4, -0.2) is 36.5 Å². The third-order valence-electron chi connectivity index (χ3n) is 6.56. The largest absolute Gasteiger partial charge is 0.352 e. The molecule has 0 aliphatic carbocycles. The predicted molar refractivity (Wildman–Crippen MR) is 144 cm³/mol. The van der Waals surface area contributed by atoms with E-state index in [0.717, 1.165) is 22.2 Å². The molecule has 0 saturated heterocycles. The Morgan fingerprint density at radius 1 is 1.03 bits per heavy atom. The minimum absolute atomic E-state index is 0.0242. The first kappa shape index (κ1) is 26.1. The Morgan fingerprint density at radius 3 is 2.43 bits per heavy atom. The first-order valence-electron chi connectivity index (χ1n) is 12.6. The molecular formula is C28H33N5O4. The van der Waals surface area contributed by atoms with Crippen molar-refractivity contribution in [3.8, 4) is 0 Å². The molecule has 0 fully saturated rings. The third kappa shape index (κ3) is 4.98. The van der Waals surface area contributed by atoms with Gasteiger partial charge in [-0.3, -0.25) is 19.0 Å². The van der Waals surface area contributed by atoms with Crippen LogP contribution >= 0.6 is 0 Å². The number of ketones is 1. The number of Topliss-reactive ketones (excluding diaryl/α,β-unsaturated/α-hetero) is 1. The summed E-state index contributed by atoms with van der Waals surface area (Å²) in [4.78, 5) is 53.0. The van der Waals surface area contributed by atoms with E-state index in [1.165, 1.54) is 8.97 Å². The Balaban J connectivity index is 1.92. The minimum Gasteiger partial charge on any atom is -0.350 e. The van der Waals surface area contributed by atoms with Crippen LogP contribution in [0.15, 0.2) is 46.0 Å². The molecule has 9 nitrogen and oxygen atoms in total. The molecule has 1 unspecified atom stereocenters. The molecule has 37 heavy (non-hydrogen) atoms. The van der Waals surface area contributed by atoms with E-state index in [-0.39, 0.29) is 47.0 Å². The maximum Gasteiger partial charge on any atom is 0.352 e. The highest BCUT2D eigenvalue weighted by Crippen LogP contribution is 2.16. The van der Waals surface area contributed by atoms with Crippen LogP contribution in [0, 0.1) is 19.8 Å². The van der Waals surface area contributed by atoms with Crippen LogP contribution in [0.4, 0.5) is 0 Å². The van der Waals surface area contributed by atoms with Crippen molar-refractivity contribution in [2.45, 2.75) is 67.1 Å². The molecule has 2 aromatic heterocycles. The van der Waals surface area contributed by atoms with Gasteiger partial charge in [0.1, 0.15) is 6.54 Å². The number of nitrogens with zero attached hydrogens (tertiary/aromatic N) is 4. The Morgan fingerprint density at radius 2 is 1.76 bits per heavy atom. The number of carbonyl (C=O) groups is 2. The molecule has 1 amide bonds. The summed E-state index contributed by atoms with van der Waals surface area (Å²) in [6, 6.07) is 10.3. The molecule has 0 radical (unpaired) electrons. The zero-order valence-corrected chi connectivity index (χ0v) is 22.2. The summed E-state index contributed by atoms with van der Waals surface area (Å²) in [7, 11) is 0. The van der Waals surface area contributed by atoms with Crippen molar-refractivity contribution in [3.05, 3.63) is 79.5 Å². The Hall–Kier alpha value is -4.01. The summed E-state index contributed by atoms with van der Waals surface area (Å²) in [5.74, 6) is -0.288. The number of nitrogens with one attached hydrogen (secondary N) is 1. The number of rotatable bonds is 8. The smallest absolute Gasteiger partial charge is 0.350 e. The predicted octanol–water partition coefficient (Wildman–Crippen LogP) is 3.49. The molecule has 0 spiro atoms. The van der Waals surface area contributed by atoms with Crippen molar-refractivity contribution in [2.75, 3.05) is 0 Å². The van der Waals surface area contributed by atoms with Crippen molar-refractivity contribution < 1.29 is 9.59 Å². The van der Waals surface area contributed by atoms with Crippen molar-refractivity contribution in [2.24, 2.45) is 5.92 Å². The molecular weight excluding hydrogens is 470 g/mol. The SMILES string of the molecule is CCC(C)NC(=O)c1ccc2c(=O)n(CC(C)C)c3nn(CC(=O)c4cc(C)ccc4C)c(=O)n3c2c1. The lowest BCUT2D eigenvalue weighted by molar-refractivity contribution is 0.0937. The van der Waals surface area contributed by atoms with Gasteiger partial charge in [0.15, 0.2) is 5.78 Å². The van der Waals surface area contributed by atoms with E-state index >= 15 is 0 Å². The molecule has 4 aromatic rings. The third-order valence-corrected chi connectivity index (χ3v) is 6.56. The van der Waals surface area contributed by atoms with Crippen LogP contribution in [0.5, 0.6) is 0 Å². The first-order chi connectivity index (χ1) is 17.5. The van der Waals surface area contributed by atoms with Crippen LogP contribution in [0.3, 0.4) is 0 Å². The molecule has 0 aliphatic heterocycles. The van der Waals surface area contributed by atoms with Gasteiger partial charge in [-0.2, -0.15) is 0 Å². The summed E-state index contributed by atoms with van der Waals surface area (Å²) in [6.45, 7) is 11.6. The van der Waals surface area contributed by atoms with Gasteiger partial charge in [0.05, 0.1) is 10.9 Å². The van der Waals surface area contributed by atoms with E-state index in [2.05, 4.69) is 10.4 Å². The van der Waals surface area contributed by atoms with E-state index in [1.807, 2.05) is 53.7 Å². The van der Waals surface area contributed by atoms with Gasteiger partial charge in [-0.05, 0) is 62.9 Å². The highest BCUT2D eigenvalue weighted by Gasteiger charge is 2.21. The fraction of sp³-hybridized carbons (Fsp3) is 0.393.